The number of carboxylic acid groups (broad SMARTS) is 1. The number of furan rings is 1. The van der Waals surface area contributed by atoms with Gasteiger partial charge in [-0.25, -0.2) is 19.7 Å². The van der Waals surface area contributed by atoms with Crippen LogP contribution in [-0.2, 0) is 14.3 Å². The largest absolute Gasteiger partial charge is 0.480 e. The Bertz CT molecular complexity index is 1710. The van der Waals surface area contributed by atoms with Crippen molar-refractivity contribution >= 4 is 39.5 Å². The molecule has 0 saturated carbocycles. The van der Waals surface area contributed by atoms with Gasteiger partial charge in [0.1, 0.15) is 40.4 Å². The Labute approximate surface area is 236 Å². The van der Waals surface area contributed by atoms with E-state index in [9.17, 15) is 9.90 Å². The van der Waals surface area contributed by atoms with E-state index in [2.05, 4.69) is 32.7 Å². The number of nitrogens with zero attached hydrogens (tertiary/aromatic N) is 5. The summed E-state index contributed by atoms with van der Waals surface area (Å²) in [6.07, 6.45) is 7.07. The highest BCUT2D eigenvalue weighted by molar-refractivity contribution is 6.06. The number of hydrogen-bond donors (Lipinski definition) is 1. The number of fused-ring (bicyclic) bond motifs is 3. The molecule has 1 N–H and O–H groups in total. The van der Waals surface area contributed by atoms with E-state index < -0.39 is 18.1 Å². The minimum absolute atomic E-state index is 0.000572. The van der Waals surface area contributed by atoms with Crippen LogP contribution in [0, 0.1) is 19.3 Å². The lowest BCUT2D eigenvalue weighted by Crippen LogP contribution is -2.68. The number of para-hydroxylation sites is 1. The molecule has 3 atom stereocenters. The van der Waals surface area contributed by atoms with Gasteiger partial charge in [-0.1, -0.05) is 18.1 Å². The smallest absolute Gasteiger partial charge is 0.326 e. The summed E-state index contributed by atoms with van der Waals surface area (Å²) >= 11 is 0. The molecule has 1 aromatic carbocycles. The molecule has 0 bridgehead atoms. The number of anilines is 2. The highest BCUT2D eigenvalue weighted by Gasteiger charge is 2.50. The van der Waals surface area contributed by atoms with Gasteiger partial charge in [0.05, 0.1) is 32.4 Å². The Morgan fingerprint density at radius 2 is 2.07 bits per heavy atom. The number of aryl methyl sites for hydroxylation is 1. The molecule has 4 aromatic rings. The van der Waals surface area contributed by atoms with E-state index >= 15 is 0 Å². The lowest BCUT2D eigenvalue weighted by atomic mass is 9.90. The van der Waals surface area contributed by atoms with E-state index in [1.54, 1.807) is 18.0 Å². The van der Waals surface area contributed by atoms with E-state index in [0.29, 0.717) is 66.1 Å². The van der Waals surface area contributed by atoms with Crippen molar-refractivity contribution in [2.45, 2.75) is 44.1 Å². The first-order valence-electron chi connectivity index (χ1n) is 13.6. The zero-order valence-electron chi connectivity index (χ0n) is 22.7. The van der Waals surface area contributed by atoms with E-state index in [1.807, 2.05) is 30.3 Å². The molecule has 11 nitrogen and oxygen atoms in total. The molecule has 3 aliphatic heterocycles. The third-order valence-corrected chi connectivity index (χ3v) is 8.36. The number of aromatic nitrogens is 3. The van der Waals surface area contributed by atoms with Crippen LogP contribution in [-0.4, -0.2) is 82.7 Å². The van der Waals surface area contributed by atoms with Crippen molar-refractivity contribution < 1.29 is 28.5 Å². The van der Waals surface area contributed by atoms with Crippen molar-refractivity contribution in [3.63, 3.8) is 0 Å². The number of carboxylic acids is 1. The van der Waals surface area contributed by atoms with Gasteiger partial charge in [-0.3, -0.25) is 0 Å². The minimum atomic E-state index is -0.971. The molecule has 3 aromatic heterocycles. The van der Waals surface area contributed by atoms with E-state index in [1.165, 1.54) is 0 Å². The summed E-state index contributed by atoms with van der Waals surface area (Å²) in [6, 6.07) is 8.61. The quantitative estimate of drug-likeness (QED) is 0.365. The van der Waals surface area contributed by atoms with Gasteiger partial charge in [0, 0.05) is 30.1 Å². The van der Waals surface area contributed by atoms with Gasteiger partial charge < -0.3 is 33.5 Å². The van der Waals surface area contributed by atoms with Crippen molar-refractivity contribution in [3.8, 4) is 18.2 Å². The number of morpholine rings is 1. The zero-order chi connectivity index (χ0) is 28.3. The summed E-state index contributed by atoms with van der Waals surface area (Å²) in [5.74, 6) is 3.05. The Morgan fingerprint density at radius 1 is 1.24 bits per heavy atom. The topological polar surface area (TPSA) is 123 Å². The fourth-order valence-electron chi connectivity index (χ4n) is 6.11. The third-order valence-electron chi connectivity index (χ3n) is 8.36. The van der Waals surface area contributed by atoms with Crippen molar-refractivity contribution in [2.24, 2.45) is 0 Å². The van der Waals surface area contributed by atoms with E-state index in [4.69, 9.17) is 25.1 Å². The average Bonchev–Trinajstić information content (AvgIpc) is 3.54. The second-order valence-electron chi connectivity index (χ2n) is 10.8. The molecule has 0 aliphatic carbocycles. The lowest BCUT2D eigenvalue weighted by molar-refractivity contribution is -0.228. The Balaban J connectivity index is 1.23. The second kappa shape index (κ2) is 9.61. The molecule has 6 heterocycles. The average molecular weight is 556 g/mol. The number of carbonyl (C=O) groups is 1. The second-order valence-corrected chi connectivity index (χ2v) is 10.8. The molecule has 1 unspecified atom stereocenters. The fourth-order valence-corrected chi connectivity index (χ4v) is 6.11. The lowest BCUT2D eigenvalue weighted by Gasteiger charge is -2.53. The zero-order valence-corrected chi connectivity index (χ0v) is 22.7. The number of hydrogen-bond acceptors (Lipinski definition) is 10. The first-order valence-corrected chi connectivity index (χ1v) is 13.6. The van der Waals surface area contributed by atoms with Crippen molar-refractivity contribution in [2.75, 3.05) is 42.7 Å². The predicted molar refractivity (Wildman–Crippen MR) is 150 cm³/mol. The molecule has 1 spiro atoms. The van der Waals surface area contributed by atoms with Gasteiger partial charge in [0.15, 0.2) is 11.4 Å². The van der Waals surface area contributed by atoms with Crippen molar-refractivity contribution in [1.82, 2.24) is 15.0 Å². The van der Waals surface area contributed by atoms with Crippen LogP contribution in [0.15, 0.2) is 40.9 Å². The maximum absolute atomic E-state index is 12.5. The number of ether oxygens (including phenoxy) is 3. The molecular weight excluding hydrogens is 526 g/mol. The van der Waals surface area contributed by atoms with Crippen LogP contribution < -0.4 is 14.5 Å². The third kappa shape index (κ3) is 4.13. The number of aliphatic carboxylic acids is 1. The van der Waals surface area contributed by atoms with Crippen LogP contribution in [0.1, 0.15) is 24.7 Å². The molecule has 210 valence electrons. The van der Waals surface area contributed by atoms with Gasteiger partial charge in [-0.15, -0.1) is 6.42 Å². The molecule has 11 heteroatoms. The Hall–Kier alpha value is -4.40. The normalized spacial score (nSPS) is 23.6. The molecular formula is C30H29N5O6. The first-order chi connectivity index (χ1) is 19.9. The highest BCUT2D eigenvalue weighted by atomic mass is 16.6. The summed E-state index contributed by atoms with van der Waals surface area (Å²) in [5.41, 5.74) is 2.77. The Morgan fingerprint density at radius 3 is 2.83 bits per heavy atom. The van der Waals surface area contributed by atoms with Crippen LogP contribution in [0.2, 0.25) is 0 Å². The molecule has 3 aliphatic rings. The number of rotatable bonds is 5. The van der Waals surface area contributed by atoms with Gasteiger partial charge in [0.25, 0.3) is 0 Å². The molecule has 7 rings (SSSR count). The maximum atomic E-state index is 12.5. The molecule has 0 radical (unpaired) electrons. The van der Waals surface area contributed by atoms with Crippen LogP contribution in [0.4, 0.5) is 11.5 Å². The first kappa shape index (κ1) is 25.6. The standard InChI is InChI=1S/C30H29N5O6/c1-4-19-11-22(34-9-10-39-30(17(34)2)15-38-16-30)28(31-13-19)40-20-12-23(29(36)37)35(14-20)27-26-25(32-18(3)33-27)21-7-5-6-8-24(21)41-26/h1,5-8,11,13,17,20,23H,9-10,12,14-16H2,2-3H3,(H,36,37)/t17-,20?,23-/m0/s1. The molecule has 3 saturated heterocycles. The molecule has 3 fully saturated rings. The molecule has 41 heavy (non-hydrogen) atoms. The van der Waals surface area contributed by atoms with Crippen molar-refractivity contribution in [1.29, 1.82) is 0 Å². The summed E-state index contributed by atoms with van der Waals surface area (Å²) in [7, 11) is 0. The number of pyridine rings is 1. The van der Waals surface area contributed by atoms with Crippen LogP contribution >= 0.6 is 0 Å². The van der Waals surface area contributed by atoms with Gasteiger partial charge in [-0.2, -0.15) is 0 Å². The Kier molecular flexibility index (Phi) is 5.99. The van der Waals surface area contributed by atoms with E-state index in [-0.39, 0.29) is 24.6 Å². The van der Waals surface area contributed by atoms with Crippen LogP contribution in [0.25, 0.3) is 22.1 Å². The summed E-state index contributed by atoms with van der Waals surface area (Å²) in [5, 5.41) is 11.1. The minimum Gasteiger partial charge on any atom is -0.480 e. The number of terminal acetylenes is 1. The SMILES string of the molecule is C#Cc1cnc(OC2C[C@@H](C(=O)O)N(c3nc(C)nc4c3oc3ccccc34)C2)c(N2CCOC3(COC3)[C@@H]2C)c1. The van der Waals surface area contributed by atoms with Gasteiger partial charge >= 0.3 is 5.97 Å². The number of benzene rings is 1. The summed E-state index contributed by atoms with van der Waals surface area (Å²) in [4.78, 5) is 30.2. The van der Waals surface area contributed by atoms with Crippen LogP contribution in [0.3, 0.4) is 0 Å². The highest BCUT2D eigenvalue weighted by Crippen LogP contribution is 2.40. The fraction of sp³-hybridized carbons (Fsp3) is 0.400. The maximum Gasteiger partial charge on any atom is 0.326 e. The van der Waals surface area contributed by atoms with Crippen molar-refractivity contribution in [3.05, 3.63) is 47.9 Å². The summed E-state index contributed by atoms with van der Waals surface area (Å²) in [6.45, 7) is 6.37. The predicted octanol–water partition coefficient (Wildman–Crippen LogP) is 3.17. The van der Waals surface area contributed by atoms with E-state index in [0.717, 1.165) is 11.1 Å². The molecule has 0 amide bonds. The van der Waals surface area contributed by atoms with Gasteiger partial charge in [0.2, 0.25) is 5.88 Å². The summed E-state index contributed by atoms with van der Waals surface area (Å²) < 4.78 is 24.2. The van der Waals surface area contributed by atoms with Crippen LogP contribution in [0.5, 0.6) is 5.88 Å². The monoisotopic (exact) mass is 555 g/mol. The van der Waals surface area contributed by atoms with Gasteiger partial charge in [-0.05, 0) is 32.0 Å².